The second kappa shape index (κ2) is 23.8. The molecule has 0 aliphatic heterocycles. The van der Waals surface area contributed by atoms with Gasteiger partial charge >= 0.3 is 0 Å². The molecule has 1 amide bonds. The number of rotatable bonds is 1. The number of allylic oxidation sites excluding steroid dienone is 1. The number of hydrazine groups is 1. The van der Waals surface area contributed by atoms with Crippen LogP contribution in [0.25, 0.3) is 0 Å². The first kappa shape index (κ1) is 16.2. The van der Waals surface area contributed by atoms with Crippen molar-refractivity contribution in [1.82, 2.24) is 0 Å². The van der Waals surface area contributed by atoms with Crippen molar-refractivity contribution in [3.05, 3.63) is 25.3 Å². The molecular formula is C6H12N4O. The number of nitrogens with zero attached hydrogens (tertiary/aromatic N) is 1. The van der Waals surface area contributed by atoms with E-state index >= 15 is 0 Å². The molecule has 6 N–H and O–H groups in total. The molecule has 0 aliphatic carbocycles. The Morgan fingerprint density at radius 2 is 1.64 bits per heavy atom. The molecule has 0 aromatic heterocycles. The molecule has 0 spiro atoms. The van der Waals surface area contributed by atoms with Gasteiger partial charge in [-0.2, -0.15) is 5.26 Å². The number of primary amides is 1. The van der Waals surface area contributed by atoms with E-state index in [0.717, 1.165) is 6.08 Å². The van der Waals surface area contributed by atoms with Crippen molar-refractivity contribution in [2.45, 2.75) is 0 Å². The lowest BCUT2D eigenvalue weighted by molar-refractivity contribution is -0.113. The van der Waals surface area contributed by atoms with Gasteiger partial charge < -0.3 is 5.73 Å². The molecule has 0 aromatic carbocycles. The second-order valence-electron chi connectivity index (χ2n) is 0.940. The van der Waals surface area contributed by atoms with Gasteiger partial charge in [-0.05, 0) is 6.08 Å². The molecule has 0 fully saturated rings. The summed E-state index contributed by atoms with van der Waals surface area (Å²) in [5, 5.41) is 7.51. The highest BCUT2D eigenvalue weighted by atomic mass is 16.1. The van der Waals surface area contributed by atoms with Crippen LogP contribution in [0.4, 0.5) is 0 Å². The Morgan fingerprint density at radius 1 is 1.45 bits per heavy atom. The third-order valence-electron chi connectivity index (χ3n) is 0.292. The highest BCUT2D eigenvalue weighted by Gasteiger charge is 1.69. The Labute approximate surface area is 65.7 Å². The minimum Gasteiger partial charge on any atom is -0.366 e. The van der Waals surface area contributed by atoms with Crippen LogP contribution in [0.1, 0.15) is 0 Å². The van der Waals surface area contributed by atoms with E-state index in [9.17, 15) is 4.79 Å². The molecule has 0 atom stereocenters. The first-order chi connectivity index (χ1) is 5.18. The van der Waals surface area contributed by atoms with Crippen molar-refractivity contribution >= 4 is 5.91 Å². The third kappa shape index (κ3) is 183. The van der Waals surface area contributed by atoms with Crippen LogP contribution >= 0.6 is 0 Å². The van der Waals surface area contributed by atoms with Crippen LogP contribution in [-0.2, 0) is 4.79 Å². The van der Waals surface area contributed by atoms with Gasteiger partial charge in [-0.3, -0.25) is 16.5 Å². The molecule has 0 radical (unpaired) electrons. The first-order valence-corrected chi connectivity index (χ1v) is 2.44. The van der Waals surface area contributed by atoms with Crippen LogP contribution in [-0.4, -0.2) is 5.91 Å². The zero-order valence-corrected chi connectivity index (χ0v) is 6.16. The Bertz CT molecular complexity index is 147. The topological polar surface area (TPSA) is 119 Å². The zero-order chi connectivity index (χ0) is 9.70. The minimum atomic E-state index is -0.481. The van der Waals surface area contributed by atoms with E-state index in [0.29, 0.717) is 0 Å². The molecule has 0 saturated carbocycles. The molecular weight excluding hydrogens is 144 g/mol. The summed E-state index contributed by atoms with van der Waals surface area (Å²) in [6, 6.07) is 1.69. The van der Waals surface area contributed by atoms with Gasteiger partial charge in [0, 0.05) is 6.08 Å². The van der Waals surface area contributed by atoms with Crippen molar-refractivity contribution < 1.29 is 4.79 Å². The molecule has 0 heterocycles. The largest absolute Gasteiger partial charge is 0.366 e. The van der Waals surface area contributed by atoms with Crippen LogP contribution in [0.2, 0.25) is 0 Å². The summed E-state index contributed by atoms with van der Waals surface area (Å²) in [4.78, 5) is 9.47. The summed E-state index contributed by atoms with van der Waals surface area (Å²) in [7, 11) is 0. The minimum absolute atomic E-state index is 0.481. The average Bonchev–Trinajstić information content (AvgIpc) is 2.08. The van der Waals surface area contributed by atoms with Gasteiger partial charge in [-0.1, -0.05) is 13.2 Å². The smallest absolute Gasteiger partial charge is 0.240 e. The number of nitriles is 1. The summed E-state index contributed by atoms with van der Waals surface area (Å²) in [5.41, 5.74) is 4.53. The summed E-state index contributed by atoms with van der Waals surface area (Å²) in [5.74, 6) is 7.52. The van der Waals surface area contributed by atoms with Gasteiger partial charge in [0.15, 0.2) is 0 Å². The molecule has 0 unspecified atom stereocenters. The number of carbonyl (C=O) groups excluding carboxylic acids is 1. The van der Waals surface area contributed by atoms with Crippen molar-refractivity contribution in [2.75, 3.05) is 0 Å². The molecule has 5 heteroatoms. The summed E-state index contributed by atoms with van der Waals surface area (Å²) < 4.78 is 0. The number of carbonyl (C=O) groups is 1. The number of hydrogen-bond donors (Lipinski definition) is 3. The van der Waals surface area contributed by atoms with Crippen molar-refractivity contribution in [3.63, 3.8) is 0 Å². The predicted octanol–water partition coefficient (Wildman–Crippen LogP) is -0.828. The molecule has 0 bridgehead atoms. The Morgan fingerprint density at radius 3 is 1.64 bits per heavy atom. The fourth-order valence-electron chi connectivity index (χ4n) is 0. The molecule has 5 nitrogen and oxygen atoms in total. The molecule has 0 aromatic rings. The van der Waals surface area contributed by atoms with E-state index in [1.54, 1.807) is 6.07 Å². The fraction of sp³-hybridized carbons (Fsp3) is 0. The highest BCUT2D eigenvalue weighted by Crippen LogP contribution is 1.48. The summed E-state index contributed by atoms with van der Waals surface area (Å²) >= 11 is 0. The average molecular weight is 156 g/mol. The Kier molecular flexibility index (Phi) is 35.0. The predicted molar refractivity (Wildman–Crippen MR) is 43.6 cm³/mol. The van der Waals surface area contributed by atoms with E-state index in [1.807, 2.05) is 0 Å². The highest BCUT2D eigenvalue weighted by molar-refractivity contribution is 5.84. The van der Waals surface area contributed by atoms with E-state index in [4.69, 9.17) is 5.26 Å². The third-order valence-corrected chi connectivity index (χ3v) is 0.292. The van der Waals surface area contributed by atoms with Gasteiger partial charge in [0.2, 0.25) is 5.91 Å². The number of nitrogens with two attached hydrogens (primary N) is 3. The van der Waals surface area contributed by atoms with Crippen LogP contribution in [0.5, 0.6) is 0 Å². The van der Waals surface area contributed by atoms with Crippen LogP contribution in [0.15, 0.2) is 25.3 Å². The molecule has 0 saturated heterocycles. The van der Waals surface area contributed by atoms with Crippen LogP contribution < -0.4 is 17.4 Å². The maximum Gasteiger partial charge on any atom is 0.240 e. The van der Waals surface area contributed by atoms with E-state index < -0.39 is 5.91 Å². The van der Waals surface area contributed by atoms with Gasteiger partial charge in [0.05, 0.1) is 6.07 Å². The number of amides is 1. The lowest BCUT2D eigenvalue weighted by atomic mass is 10.6. The fourth-order valence-corrected chi connectivity index (χ4v) is 0. The molecule has 0 rings (SSSR count). The monoisotopic (exact) mass is 156 g/mol. The maximum atomic E-state index is 9.47. The molecule has 11 heavy (non-hydrogen) atoms. The SMILES string of the molecule is C=CC#N.C=CC(N)=O.NN. The van der Waals surface area contributed by atoms with E-state index in [-0.39, 0.29) is 0 Å². The van der Waals surface area contributed by atoms with Crippen molar-refractivity contribution in [3.8, 4) is 6.07 Å². The summed E-state index contributed by atoms with van der Waals surface area (Å²) in [6.07, 6.45) is 2.24. The lowest BCUT2D eigenvalue weighted by Crippen LogP contribution is -2.04. The van der Waals surface area contributed by atoms with Crippen molar-refractivity contribution in [1.29, 1.82) is 5.26 Å². The van der Waals surface area contributed by atoms with Crippen LogP contribution in [0.3, 0.4) is 0 Å². The van der Waals surface area contributed by atoms with Gasteiger partial charge in [0.25, 0.3) is 0 Å². The summed E-state index contributed by atoms with van der Waals surface area (Å²) in [6.45, 7) is 6.20. The van der Waals surface area contributed by atoms with Crippen molar-refractivity contribution in [2.24, 2.45) is 17.4 Å². The number of hydrogen-bond acceptors (Lipinski definition) is 4. The zero-order valence-electron chi connectivity index (χ0n) is 6.16. The molecule has 62 valence electrons. The Hall–Kier alpha value is -1.64. The normalized spacial score (nSPS) is 4.82. The van der Waals surface area contributed by atoms with Gasteiger partial charge in [0.1, 0.15) is 0 Å². The van der Waals surface area contributed by atoms with Gasteiger partial charge in [-0.25, -0.2) is 0 Å². The Balaban J connectivity index is -0.0000000965. The first-order valence-electron chi connectivity index (χ1n) is 2.44. The standard InChI is InChI=1S/C3H5NO.C3H3N.H4N2/c1-2-3(4)5;1-2-3-4;1-2/h2H,1H2,(H2,4,5);2H,1H2;1-2H2. The quantitative estimate of drug-likeness (QED) is 0.199. The van der Waals surface area contributed by atoms with E-state index in [1.165, 1.54) is 6.08 Å². The second-order valence-corrected chi connectivity index (χ2v) is 0.940. The lowest BCUT2D eigenvalue weighted by Gasteiger charge is -1.65. The maximum absolute atomic E-state index is 9.47. The van der Waals surface area contributed by atoms with E-state index in [2.05, 4.69) is 30.6 Å². The van der Waals surface area contributed by atoms with Crippen LogP contribution in [0, 0.1) is 11.3 Å². The van der Waals surface area contributed by atoms with Gasteiger partial charge in [-0.15, -0.1) is 0 Å². The molecule has 0 aliphatic rings.